The molecule has 0 saturated heterocycles. The van der Waals surface area contributed by atoms with Gasteiger partial charge in [-0.05, 0) is 24.3 Å². The van der Waals surface area contributed by atoms with Gasteiger partial charge in [0.05, 0.1) is 26.5 Å². The Balaban J connectivity index is 2.30. The number of rotatable bonds is 1. The second kappa shape index (κ2) is 4.23. The Morgan fingerprint density at radius 1 is 1.17 bits per heavy atom. The van der Waals surface area contributed by atoms with Crippen molar-refractivity contribution in [1.82, 2.24) is 4.98 Å². The van der Waals surface area contributed by atoms with Crippen LogP contribution < -0.4 is 5.73 Å². The summed E-state index contributed by atoms with van der Waals surface area (Å²) in [5.41, 5.74) is 7.60. The Kier molecular flexibility index (Phi) is 2.69. The lowest BCUT2D eigenvalue weighted by atomic mass is 10.2. The molecule has 0 aliphatic carbocycles. The summed E-state index contributed by atoms with van der Waals surface area (Å²) in [5.74, 6) is -0.375. The fourth-order valence-corrected chi connectivity index (χ4v) is 3.14. The van der Waals surface area contributed by atoms with Crippen molar-refractivity contribution < 1.29 is 4.39 Å². The van der Waals surface area contributed by atoms with Gasteiger partial charge in [0.25, 0.3) is 0 Å². The zero-order chi connectivity index (χ0) is 12.7. The molecule has 18 heavy (non-hydrogen) atoms. The number of halogens is 2. The minimum Gasteiger partial charge on any atom is -0.398 e. The number of benzene rings is 2. The lowest BCUT2D eigenvalue weighted by Crippen LogP contribution is -1.84. The van der Waals surface area contributed by atoms with Crippen LogP contribution in [0, 0.1) is 5.82 Å². The fourth-order valence-electron chi connectivity index (χ4n) is 1.78. The molecule has 2 nitrogen and oxygen atoms in total. The minimum atomic E-state index is -0.375. The van der Waals surface area contributed by atoms with Crippen LogP contribution in [0.15, 0.2) is 36.4 Å². The third-order valence-electron chi connectivity index (χ3n) is 2.62. The van der Waals surface area contributed by atoms with Crippen LogP contribution in [0.3, 0.4) is 0 Å². The molecule has 0 radical (unpaired) electrons. The molecule has 2 aromatic carbocycles. The third-order valence-corrected chi connectivity index (χ3v) is 4.07. The highest BCUT2D eigenvalue weighted by Crippen LogP contribution is 2.37. The molecule has 1 aromatic heterocycles. The summed E-state index contributed by atoms with van der Waals surface area (Å²) in [5, 5.41) is 0.902. The zero-order valence-corrected chi connectivity index (χ0v) is 10.7. The van der Waals surface area contributed by atoms with E-state index < -0.39 is 0 Å². The van der Waals surface area contributed by atoms with E-state index in [9.17, 15) is 4.39 Å². The zero-order valence-electron chi connectivity index (χ0n) is 9.15. The van der Waals surface area contributed by atoms with Gasteiger partial charge in [-0.15, -0.1) is 11.3 Å². The second-order valence-electron chi connectivity index (χ2n) is 3.81. The SMILES string of the molecule is Nc1cccc2nc(-c3c(F)cccc3Cl)sc12. The summed E-state index contributed by atoms with van der Waals surface area (Å²) in [6.45, 7) is 0. The van der Waals surface area contributed by atoms with E-state index in [2.05, 4.69) is 4.98 Å². The molecule has 0 spiro atoms. The van der Waals surface area contributed by atoms with Gasteiger partial charge in [-0.25, -0.2) is 9.37 Å². The molecule has 0 amide bonds. The normalized spacial score (nSPS) is 11.0. The Bertz CT molecular complexity index is 719. The average molecular weight is 279 g/mol. The lowest BCUT2D eigenvalue weighted by molar-refractivity contribution is 0.631. The van der Waals surface area contributed by atoms with Gasteiger partial charge in [-0.3, -0.25) is 0 Å². The number of aromatic nitrogens is 1. The number of nitrogens with zero attached hydrogens (tertiary/aromatic N) is 1. The van der Waals surface area contributed by atoms with Gasteiger partial charge in [0.2, 0.25) is 0 Å². The van der Waals surface area contributed by atoms with Crippen LogP contribution in [0.5, 0.6) is 0 Å². The van der Waals surface area contributed by atoms with Crippen molar-refractivity contribution in [3.63, 3.8) is 0 Å². The lowest BCUT2D eigenvalue weighted by Gasteiger charge is -2.00. The van der Waals surface area contributed by atoms with Gasteiger partial charge in [0.15, 0.2) is 0 Å². The summed E-state index contributed by atoms with van der Waals surface area (Å²) in [6, 6.07) is 10.1. The molecule has 0 fully saturated rings. The molecule has 0 bridgehead atoms. The van der Waals surface area contributed by atoms with Gasteiger partial charge in [-0.1, -0.05) is 23.7 Å². The molecule has 0 aliphatic heterocycles. The molecule has 3 rings (SSSR count). The maximum Gasteiger partial charge on any atom is 0.134 e. The van der Waals surface area contributed by atoms with Crippen molar-refractivity contribution in [3.8, 4) is 10.6 Å². The summed E-state index contributed by atoms with van der Waals surface area (Å²) >= 11 is 7.37. The predicted octanol–water partition coefficient (Wildman–Crippen LogP) is 4.34. The number of hydrogen-bond donors (Lipinski definition) is 1. The van der Waals surface area contributed by atoms with Crippen molar-refractivity contribution in [3.05, 3.63) is 47.2 Å². The smallest absolute Gasteiger partial charge is 0.134 e. The largest absolute Gasteiger partial charge is 0.398 e. The van der Waals surface area contributed by atoms with Gasteiger partial charge in [-0.2, -0.15) is 0 Å². The first kappa shape index (κ1) is 11.4. The van der Waals surface area contributed by atoms with Crippen LogP contribution in [-0.4, -0.2) is 4.98 Å². The van der Waals surface area contributed by atoms with E-state index in [1.807, 2.05) is 12.1 Å². The third kappa shape index (κ3) is 1.74. The van der Waals surface area contributed by atoms with E-state index in [4.69, 9.17) is 17.3 Å². The number of thiazole rings is 1. The Morgan fingerprint density at radius 3 is 2.67 bits per heavy atom. The summed E-state index contributed by atoms with van der Waals surface area (Å²) < 4.78 is 14.7. The van der Waals surface area contributed by atoms with Crippen LogP contribution >= 0.6 is 22.9 Å². The van der Waals surface area contributed by atoms with Gasteiger partial charge < -0.3 is 5.73 Å². The number of anilines is 1. The van der Waals surface area contributed by atoms with Crippen LogP contribution in [0.2, 0.25) is 5.02 Å². The van der Waals surface area contributed by atoms with Gasteiger partial charge >= 0.3 is 0 Å². The molecule has 90 valence electrons. The molecule has 0 unspecified atom stereocenters. The second-order valence-corrected chi connectivity index (χ2v) is 5.22. The average Bonchev–Trinajstić information content (AvgIpc) is 2.74. The van der Waals surface area contributed by atoms with E-state index in [1.54, 1.807) is 18.2 Å². The quantitative estimate of drug-likeness (QED) is 0.673. The van der Waals surface area contributed by atoms with E-state index in [0.29, 0.717) is 21.3 Å². The maximum atomic E-state index is 13.8. The van der Waals surface area contributed by atoms with Crippen molar-refractivity contribution >= 4 is 38.8 Å². The van der Waals surface area contributed by atoms with E-state index in [-0.39, 0.29) is 5.82 Å². The first-order chi connectivity index (χ1) is 8.66. The Hall–Kier alpha value is -1.65. The molecule has 2 N–H and O–H groups in total. The molecule has 0 saturated carbocycles. The van der Waals surface area contributed by atoms with Crippen molar-refractivity contribution in [2.75, 3.05) is 5.73 Å². The van der Waals surface area contributed by atoms with Gasteiger partial charge in [0, 0.05) is 0 Å². The number of nitrogen functional groups attached to an aromatic ring is 1. The highest BCUT2D eigenvalue weighted by molar-refractivity contribution is 7.22. The minimum absolute atomic E-state index is 0.333. The molecule has 5 heteroatoms. The molecular formula is C13H8ClFN2S. The topological polar surface area (TPSA) is 38.9 Å². The van der Waals surface area contributed by atoms with Crippen LogP contribution in [0.25, 0.3) is 20.8 Å². The monoisotopic (exact) mass is 278 g/mol. The summed E-state index contributed by atoms with van der Waals surface area (Å²) in [6.07, 6.45) is 0. The Morgan fingerprint density at radius 2 is 1.94 bits per heavy atom. The highest BCUT2D eigenvalue weighted by Gasteiger charge is 2.15. The maximum absolute atomic E-state index is 13.8. The number of fused-ring (bicyclic) bond motifs is 1. The van der Waals surface area contributed by atoms with E-state index in [0.717, 1.165) is 10.2 Å². The predicted molar refractivity (Wildman–Crippen MR) is 74.4 cm³/mol. The molecule has 0 atom stereocenters. The van der Waals surface area contributed by atoms with Crippen molar-refractivity contribution in [2.45, 2.75) is 0 Å². The number of nitrogens with two attached hydrogens (primary N) is 1. The molecular weight excluding hydrogens is 271 g/mol. The standard InChI is InChI=1S/C13H8ClFN2S/c14-7-3-1-4-8(15)11(7)13-17-10-6-2-5-9(16)12(10)18-13/h1-6H,16H2. The van der Waals surface area contributed by atoms with E-state index >= 15 is 0 Å². The van der Waals surface area contributed by atoms with Crippen LogP contribution in [0.4, 0.5) is 10.1 Å². The Labute approximate surface area is 112 Å². The number of hydrogen-bond acceptors (Lipinski definition) is 3. The first-order valence-electron chi connectivity index (χ1n) is 5.26. The van der Waals surface area contributed by atoms with Crippen molar-refractivity contribution in [2.24, 2.45) is 0 Å². The molecule has 1 heterocycles. The molecule has 0 aliphatic rings. The fraction of sp³-hybridized carbons (Fsp3) is 0. The summed E-state index contributed by atoms with van der Waals surface area (Å²) in [4.78, 5) is 4.38. The van der Waals surface area contributed by atoms with Crippen LogP contribution in [0.1, 0.15) is 0 Å². The molecule has 3 aromatic rings. The van der Waals surface area contributed by atoms with E-state index in [1.165, 1.54) is 17.4 Å². The first-order valence-corrected chi connectivity index (χ1v) is 6.45. The van der Waals surface area contributed by atoms with Gasteiger partial charge in [0.1, 0.15) is 10.8 Å². The summed E-state index contributed by atoms with van der Waals surface area (Å²) in [7, 11) is 0. The van der Waals surface area contributed by atoms with Crippen molar-refractivity contribution in [1.29, 1.82) is 0 Å². The highest BCUT2D eigenvalue weighted by atomic mass is 35.5. The van der Waals surface area contributed by atoms with Crippen LogP contribution in [-0.2, 0) is 0 Å².